The fraction of sp³-hybridized carbons (Fsp3) is 0.143. The van der Waals surface area contributed by atoms with Gasteiger partial charge in [0.25, 0.3) is 0 Å². The van der Waals surface area contributed by atoms with E-state index in [4.69, 9.17) is 19.9 Å². The Morgan fingerprint density at radius 2 is 1.96 bits per heavy atom. The van der Waals surface area contributed by atoms with E-state index < -0.39 is 5.92 Å². The molecule has 2 N–H and O–H groups in total. The lowest BCUT2D eigenvalue weighted by Gasteiger charge is -2.27. The summed E-state index contributed by atoms with van der Waals surface area (Å²) in [6.07, 6.45) is 0. The number of rotatable bonds is 3. The molecule has 4 rings (SSSR count). The van der Waals surface area contributed by atoms with Crippen molar-refractivity contribution in [3.05, 3.63) is 74.6 Å². The molecule has 0 aliphatic carbocycles. The normalized spacial score (nSPS) is 15.5. The SMILES string of the molecule is COc1ccc(OC)c([C@H]2C(C#N)=C(N)Oc3c2c(=O)sc2ccccc32)c1. The maximum atomic E-state index is 13.1. The zero-order chi connectivity index (χ0) is 19.8. The molecule has 3 aromatic rings. The van der Waals surface area contributed by atoms with E-state index in [0.29, 0.717) is 28.4 Å². The molecule has 0 saturated carbocycles. The molecule has 2 aromatic carbocycles. The minimum absolute atomic E-state index is 0.0226. The second kappa shape index (κ2) is 6.91. The molecule has 28 heavy (non-hydrogen) atoms. The van der Waals surface area contributed by atoms with Crippen molar-refractivity contribution in [2.75, 3.05) is 14.2 Å². The molecular weight excluding hydrogens is 376 g/mol. The Morgan fingerprint density at radius 1 is 1.18 bits per heavy atom. The summed E-state index contributed by atoms with van der Waals surface area (Å²) in [7, 11) is 3.08. The molecule has 6 nitrogen and oxygen atoms in total. The number of methoxy groups -OCH3 is 2. The highest BCUT2D eigenvalue weighted by Crippen LogP contribution is 2.47. The number of benzene rings is 2. The number of ether oxygens (including phenoxy) is 3. The lowest BCUT2D eigenvalue weighted by atomic mass is 9.83. The van der Waals surface area contributed by atoms with Crippen molar-refractivity contribution >= 4 is 21.4 Å². The van der Waals surface area contributed by atoms with Crippen molar-refractivity contribution in [1.29, 1.82) is 5.26 Å². The van der Waals surface area contributed by atoms with Gasteiger partial charge in [-0.05, 0) is 30.3 Å². The van der Waals surface area contributed by atoms with Crippen molar-refractivity contribution < 1.29 is 14.2 Å². The Kier molecular flexibility index (Phi) is 4.41. The van der Waals surface area contributed by atoms with Crippen molar-refractivity contribution in [2.45, 2.75) is 5.92 Å². The van der Waals surface area contributed by atoms with Crippen molar-refractivity contribution in [2.24, 2.45) is 5.73 Å². The van der Waals surface area contributed by atoms with Crippen LogP contribution in [0.3, 0.4) is 0 Å². The van der Waals surface area contributed by atoms with Crippen LogP contribution in [0.2, 0.25) is 0 Å². The molecular formula is C21H16N2O4S. The topological polar surface area (TPSA) is 94.6 Å². The molecule has 0 radical (unpaired) electrons. The third-order valence-corrected chi connectivity index (χ3v) is 5.70. The Morgan fingerprint density at radius 3 is 2.68 bits per heavy atom. The minimum atomic E-state index is -0.716. The van der Waals surface area contributed by atoms with Gasteiger partial charge in [0.2, 0.25) is 10.6 Å². The van der Waals surface area contributed by atoms with Crippen LogP contribution in [0.5, 0.6) is 17.2 Å². The summed E-state index contributed by atoms with van der Waals surface area (Å²) in [5, 5.41) is 10.5. The summed E-state index contributed by atoms with van der Waals surface area (Å²) in [6, 6.07) is 14.8. The van der Waals surface area contributed by atoms with Crippen molar-refractivity contribution in [3.8, 4) is 23.3 Å². The van der Waals surface area contributed by atoms with Crippen LogP contribution in [0.15, 0.2) is 58.7 Å². The highest BCUT2D eigenvalue weighted by molar-refractivity contribution is 7.16. The van der Waals surface area contributed by atoms with Crippen molar-refractivity contribution in [3.63, 3.8) is 0 Å². The first-order chi connectivity index (χ1) is 13.6. The van der Waals surface area contributed by atoms with Gasteiger partial charge in [0.1, 0.15) is 28.9 Å². The van der Waals surface area contributed by atoms with Gasteiger partial charge in [-0.1, -0.05) is 23.5 Å². The molecule has 0 spiro atoms. The van der Waals surface area contributed by atoms with Gasteiger partial charge in [0, 0.05) is 15.6 Å². The second-order valence-corrected chi connectivity index (χ2v) is 7.18. The average Bonchev–Trinajstić information content (AvgIpc) is 2.72. The quantitative estimate of drug-likeness (QED) is 0.733. The third kappa shape index (κ3) is 2.66. The Hall–Kier alpha value is -3.50. The lowest BCUT2D eigenvalue weighted by molar-refractivity contribution is 0.386. The Bertz CT molecular complexity index is 1220. The van der Waals surface area contributed by atoms with Gasteiger partial charge < -0.3 is 19.9 Å². The number of hydrogen-bond donors (Lipinski definition) is 1. The molecule has 7 heteroatoms. The molecule has 140 valence electrons. The first-order valence-electron chi connectivity index (χ1n) is 8.44. The van der Waals surface area contributed by atoms with Crippen LogP contribution >= 0.6 is 11.3 Å². The second-order valence-electron chi connectivity index (χ2n) is 6.16. The molecule has 2 heterocycles. The lowest BCUT2D eigenvalue weighted by Crippen LogP contribution is -2.25. The largest absolute Gasteiger partial charge is 0.497 e. The summed E-state index contributed by atoms with van der Waals surface area (Å²) >= 11 is 1.11. The Balaban J connectivity index is 2.10. The summed E-state index contributed by atoms with van der Waals surface area (Å²) in [5.41, 5.74) is 7.26. The van der Waals surface area contributed by atoms with E-state index in [1.165, 1.54) is 7.11 Å². The standard InChI is InChI=1S/C21H16N2O4S/c1-25-11-7-8-15(26-2)13(9-11)17-14(10-22)20(23)27-19-12-5-3-4-6-16(12)28-21(24)18(17)19/h3-9,17H,23H2,1-2H3/t17-/m0/s1. The summed E-state index contributed by atoms with van der Waals surface area (Å²) in [4.78, 5) is 13.1. The van der Waals surface area contributed by atoms with Crippen LogP contribution in [-0.4, -0.2) is 14.2 Å². The number of allylic oxidation sites excluding steroid dienone is 1. The van der Waals surface area contributed by atoms with Gasteiger partial charge in [0.05, 0.1) is 25.7 Å². The minimum Gasteiger partial charge on any atom is -0.497 e. The molecule has 0 unspecified atom stereocenters. The first kappa shape index (κ1) is 17.9. The predicted molar refractivity (Wildman–Crippen MR) is 107 cm³/mol. The molecule has 1 aliphatic rings. The van der Waals surface area contributed by atoms with Gasteiger partial charge in [-0.25, -0.2) is 0 Å². The van der Waals surface area contributed by atoms with E-state index in [0.717, 1.165) is 21.4 Å². The Labute approximate surface area is 165 Å². The van der Waals surface area contributed by atoms with Gasteiger partial charge in [-0.3, -0.25) is 4.79 Å². The highest BCUT2D eigenvalue weighted by atomic mass is 32.1. The van der Waals surface area contributed by atoms with Gasteiger partial charge in [-0.2, -0.15) is 5.26 Å². The maximum absolute atomic E-state index is 13.1. The number of hydrogen-bond acceptors (Lipinski definition) is 7. The average molecular weight is 392 g/mol. The molecule has 1 aromatic heterocycles. The molecule has 0 bridgehead atoms. The van der Waals surface area contributed by atoms with E-state index in [1.54, 1.807) is 25.3 Å². The van der Waals surface area contributed by atoms with Crippen LogP contribution in [0.25, 0.3) is 10.1 Å². The van der Waals surface area contributed by atoms with E-state index in [-0.39, 0.29) is 16.2 Å². The monoisotopic (exact) mass is 392 g/mol. The number of nitriles is 1. The fourth-order valence-electron chi connectivity index (χ4n) is 3.44. The molecule has 0 fully saturated rings. The smallest absolute Gasteiger partial charge is 0.240 e. The van der Waals surface area contributed by atoms with E-state index in [2.05, 4.69) is 6.07 Å². The number of fused-ring (bicyclic) bond motifs is 3. The highest BCUT2D eigenvalue weighted by Gasteiger charge is 2.36. The summed E-state index contributed by atoms with van der Waals surface area (Å²) < 4.78 is 17.2. The molecule has 1 aliphatic heterocycles. The maximum Gasteiger partial charge on any atom is 0.240 e. The van der Waals surface area contributed by atoms with Crippen LogP contribution < -0.4 is 24.7 Å². The van der Waals surface area contributed by atoms with Gasteiger partial charge >= 0.3 is 0 Å². The predicted octanol–water partition coefficient (Wildman–Crippen LogP) is 3.50. The number of nitrogens with zero attached hydrogens (tertiary/aromatic N) is 1. The van der Waals surface area contributed by atoms with E-state index >= 15 is 0 Å². The fourth-order valence-corrected chi connectivity index (χ4v) is 4.38. The van der Waals surface area contributed by atoms with Crippen LogP contribution in [0, 0.1) is 11.3 Å². The van der Waals surface area contributed by atoms with Crippen LogP contribution in [-0.2, 0) is 0 Å². The van der Waals surface area contributed by atoms with E-state index in [1.807, 2.05) is 24.3 Å². The van der Waals surface area contributed by atoms with Crippen LogP contribution in [0.1, 0.15) is 17.0 Å². The van der Waals surface area contributed by atoms with Gasteiger partial charge in [-0.15, -0.1) is 0 Å². The summed E-state index contributed by atoms with van der Waals surface area (Å²) in [5.74, 6) is 0.747. The van der Waals surface area contributed by atoms with Crippen molar-refractivity contribution in [1.82, 2.24) is 0 Å². The van der Waals surface area contributed by atoms with E-state index in [9.17, 15) is 10.1 Å². The molecule has 1 atom stereocenters. The third-order valence-electron chi connectivity index (χ3n) is 4.72. The zero-order valence-electron chi connectivity index (χ0n) is 15.2. The summed E-state index contributed by atoms with van der Waals surface area (Å²) in [6.45, 7) is 0. The molecule has 0 saturated heterocycles. The van der Waals surface area contributed by atoms with Gasteiger partial charge in [0.15, 0.2) is 0 Å². The van der Waals surface area contributed by atoms with Crippen LogP contribution in [0.4, 0.5) is 0 Å². The first-order valence-corrected chi connectivity index (χ1v) is 9.26. The number of nitrogens with two attached hydrogens (primary N) is 1. The molecule has 0 amide bonds. The zero-order valence-corrected chi connectivity index (χ0v) is 16.0.